The minimum absolute atomic E-state index is 0.477. The van der Waals surface area contributed by atoms with Crippen LogP contribution < -0.4 is 0 Å². The molecule has 0 amide bonds. The molecule has 0 fully saturated rings. The van der Waals surface area contributed by atoms with Gasteiger partial charge in [-0.1, -0.05) is 15.9 Å². The number of fused-ring (bicyclic) bond motifs is 1. The Labute approximate surface area is 88.3 Å². The largest absolute Gasteiger partial charge is 0.464 e. The maximum atomic E-state index is 10.9. The first-order valence-electron chi connectivity index (χ1n) is 3.97. The third-order valence-corrected chi connectivity index (χ3v) is 2.47. The van der Waals surface area contributed by atoms with Gasteiger partial charge in [0.15, 0.2) is 0 Å². The Balaban J connectivity index is 2.86. The first-order chi connectivity index (χ1) is 6.59. The second kappa shape index (κ2) is 3.09. The van der Waals surface area contributed by atoms with Crippen LogP contribution in [0.5, 0.6) is 0 Å². The molecule has 0 unspecified atom stereocenters. The lowest BCUT2D eigenvalue weighted by Crippen LogP contribution is -2.09. The van der Waals surface area contributed by atoms with Gasteiger partial charge in [0.25, 0.3) is 0 Å². The number of halogens is 1. The number of nitrogens with zero attached hydrogens (tertiary/aromatic N) is 2. The molecule has 1 N–H and O–H groups in total. The van der Waals surface area contributed by atoms with E-state index in [1.165, 1.54) is 4.57 Å². The number of aryl methyl sites for hydroxylation is 1. The molecule has 72 valence electrons. The molecule has 5 heteroatoms. The Bertz CT molecular complexity index is 519. The summed E-state index contributed by atoms with van der Waals surface area (Å²) < 4.78 is 2.01. The SMILES string of the molecule is Cc1nc2ccc(Br)cc2n1C(=O)O. The highest BCUT2D eigenvalue weighted by Gasteiger charge is 2.12. The molecule has 0 atom stereocenters. The molecule has 2 aromatic rings. The summed E-state index contributed by atoms with van der Waals surface area (Å²) >= 11 is 3.29. The number of aromatic nitrogens is 2. The molecule has 2 rings (SSSR count). The van der Waals surface area contributed by atoms with Crippen molar-refractivity contribution in [3.63, 3.8) is 0 Å². The van der Waals surface area contributed by atoms with Gasteiger partial charge in [0.2, 0.25) is 0 Å². The van der Waals surface area contributed by atoms with E-state index in [0.717, 1.165) is 4.47 Å². The van der Waals surface area contributed by atoms with Gasteiger partial charge in [-0.2, -0.15) is 0 Å². The highest BCUT2D eigenvalue weighted by atomic mass is 79.9. The zero-order chi connectivity index (χ0) is 10.3. The van der Waals surface area contributed by atoms with Gasteiger partial charge in [-0.05, 0) is 25.1 Å². The molecule has 0 aliphatic carbocycles. The summed E-state index contributed by atoms with van der Waals surface area (Å²) in [5.74, 6) is 0.477. The smallest absolute Gasteiger partial charge is 0.417 e. The van der Waals surface area contributed by atoms with Crippen molar-refractivity contribution in [3.05, 3.63) is 28.5 Å². The van der Waals surface area contributed by atoms with Crippen LogP contribution in [0, 0.1) is 6.92 Å². The van der Waals surface area contributed by atoms with Crippen molar-refractivity contribution < 1.29 is 9.90 Å². The number of benzene rings is 1. The quantitative estimate of drug-likeness (QED) is 0.787. The zero-order valence-corrected chi connectivity index (χ0v) is 8.95. The molecule has 0 spiro atoms. The fourth-order valence-corrected chi connectivity index (χ4v) is 1.76. The minimum atomic E-state index is -1.01. The third kappa shape index (κ3) is 1.29. The van der Waals surface area contributed by atoms with E-state index < -0.39 is 6.09 Å². The van der Waals surface area contributed by atoms with Crippen LogP contribution in [0.25, 0.3) is 11.0 Å². The molecule has 14 heavy (non-hydrogen) atoms. The van der Waals surface area contributed by atoms with Crippen LogP contribution in [0.15, 0.2) is 22.7 Å². The number of carbonyl (C=O) groups is 1. The number of hydrogen-bond donors (Lipinski definition) is 1. The first kappa shape index (κ1) is 9.21. The van der Waals surface area contributed by atoms with Crippen LogP contribution in [0.3, 0.4) is 0 Å². The molecule has 0 saturated heterocycles. The number of rotatable bonds is 0. The predicted molar refractivity (Wildman–Crippen MR) is 55.6 cm³/mol. The van der Waals surface area contributed by atoms with Gasteiger partial charge in [0.05, 0.1) is 11.0 Å². The summed E-state index contributed by atoms with van der Waals surface area (Å²) in [5.41, 5.74) is 1.29. The van der Waals surface area contributed by atoms with Gasteiger partial charge in [0.1, 0.15) is 5.82 Å². The monoisotopic (exact) mass is 254 g/mol. The highest BCUT2D eigenvalue weighted by Crippen LogP contribution is 2.20. The van der Waals surface area contributed by atoms with Crippen LogP contribution in [0.2, 0.25) is 0 Å². The molecule has 0 radical (unpaired) electrons. The van der Waals surface area contributed by atoms with Gasteiger partial charge >= 0.3 is 6.09 Å². The molecular weight excluding hydrogens is 248 g/mol. The molecule has 1 aromatic heterocycles. The summed E-state index contributed by atoms with van der Waals surface area (Å²) in [6.07, 6.45) is -1.01. The highest BCUT2D eigenvalue weighted by molar-refractivity contribution is 9.10. The van der Waals surface area contributed by atoms with Crippen LogP contribution in [0.4, 0.5) is 4.79 Å². The maximum Gasteiger partial charge on any atom is 0.417 e. The third-order valence-electron chi connectivity index (χ3n) is 1.98. The summed E-state index contributed by atoms with van der Waals surface area (Å²) in [7, 11) is 0. The second-order valence-electron chi connectivity index (χ2n) is 2.91. The maximum absolute atomic E-state index is 10.9. The molecule has 1 heterocycles. The fourth-order valence-electron chi connectivity index (χ4n) is 1.41. The lowest BCUT2D eigenvalue weighted by molar-refractivity contribution is 0.197. The van der Waals surface area contributed by atoms with Crippen molar-refractivity contribution >= 4 is 33.1 Å². The zero-order valence-electron chi connectivity index (χ0n) is 7.36. The van der Waals surface area contributed by atoms with Crippen LogP contribution in [-0.2, 0) is 0 Å². The molecule has 1 aromatic carbocycles. The van der Waals surface area contributed by atoms with Crippen LogP contribution in [-0.4, -0.2) is 20.8 Å². The van der Waals surface area contributed by atoms with E-state index >= 15 is 0 Å². The van der Waals surface area contributed by atoms with Gasteiger partial charge < -0.3 is 5.11 Å². The van der Waals surface area contributed by atoms with Crippen molar-refractivity contribution in [2.75, 3.05) is 0 Å². The molecule has 0 saturated carbocycles. The number of imidazole rings is 1. The lowest BCUT2D eigenvalue weighted by atomic mass is 10.3. The number of carboxylic acid groups (broad SMARTS) is 1. The topological polar surface area (TPSA) is 55.1 Å². The average molecular weight is 255 g/mol. The molecule has 0 bridgehead atoms. The lowest BCUT2D eigenvalue weighted by Gasteiger charge is -1.98. The van der Waals surface area contributed by atoms with Gasteiger partial charge in [0, 0.05) is 4.47 Å². The van der Waals surface area contributed by atoms with E-state index in [-0.39, 0.29) is 0 Å². The van der Waals surface area contributed by atoms with Gasteiger partial charge in [-0.15, -0.1) is 0 Å². The molecule has 0 aliphatic heterocycles. The Morgan fingerprint density at radius 1 is 1.57 bits per heavy atom. The van der Waals surface area contributed by atoms with Crippen molar-refractivity contribution in [1.82, 2.24) is 9.55 Å². The minimum Gasteiger partial charge on any atom is -0.464 e. The van der Waals surface area contributed by atoms with Gasteiger partial charge in [-0.3, -0.25) is 0 Å². The Hall–Kier alpha value is -1.36. The normalized spacial score (nSPS) is 10.7. The first-order valence-corrected chi connectivity index (χ1v) is 4.77. The van der Waals surface area contributed by atoms with E-state index in [2.05, 4.69) is 20.9 Å². The van der Waals surface area contributed by atoms with Crippen molar-refractivity contribution in [2.45, 2.75) is 6.92 Å². The van der Waals surface area contributed by atoms with Crippen molar-refractivity contribution in [3.8, 4) is 0 Å². The van der Waals surface area contributed by atoms with E-state index in [0.29, 0.717) is 16.9 Å². The van der Waals surface area contributed by atoms with Crippen LogP contribution >= 0.6 is 15.9 Å². The Kier molecular flexibility index (Phi) is 2.03. The Morgan fingerprint density at radius 3 is 2.93 bits per heavy atom. The summed E-state index contributed by atoms with van der Waals surface area (Å²) in [6, 6.07) is 5.36. The number of hydrogen-bond acceptors (Lipinski definition) is 2. The average Bonchev–Trinajstić information content (AvgIpc) is 2.40. The van der Waals surface area contributed by atoms with E-state index in [1.54, 1.807) is 19.1 Å². The van der Waals surface area contributed by atoms with Crippen molar-refractivity contribution in [2.24, 2.45) is 0 Å². The summed E-state index contributed by atoms with van der Waals surface area (Å²) in [5, 5.41) is 8.95. The standard InChI is InChI=1S/C9H7BrN2O2/c1-5-11-7-3-2-6(10)4-8(7)12(5)9(13)14/h2-4H,1H3,(H,13,14). The van der Waals surface area contributed by atoms with E-state index in [4.69, 9.17) is 5.11 Å². The summed E-state index contributed by atoms with van der Waals surface area (Å²) in [4.78, 5) is 15.1. The Morgan fingerprint density at radius 2 is 2.29 bits per heavy atom. The predicted octanol–water partition coefficient (Wildman–Crippen LogP) is 2.63. The van der Waals surface area contributed by atoms with Gasteiger partial charge in [-0.25, -0.2) is 14.3 Å². The second-order valence-corrected chi connectivity index (χ2v) is 3.83. The van der Waals surface area contributed by atoms with E-state index in [9.17, 15) is 4.79 Å². The summed E-state index contributed by atoms with van der Waals surface area (Å²) in [6.45, 7) is 1.67. The molecule has 0 aliphatic rings. The van der Waals surface area contributed by atoms with E-state index in [1.807, 2.05) is 6.07 Å². The fraction of sp³-hybridized carbons (Fsp3) is 0.111. The molecule has 4 nitrogen and oxygen atoms in total. The van der Waals surface area contributed by atoms with Crippen molar-refractivity contribution in [1.29, 1.82) is 0 Å². The molecular formula is C9H7BrN2O2. The van der Waals surface area contributed by atoms with Crippen LogP contribution in [0.1, 0.15) is 5.82 Å².